The highest BCUT2D eigenvalue weighted by Crippen LogP contribution is 1.60. The smallest absolute Gasteiger partial charge is 0.349 e. The summed E-state index contributed by atoms with van der Waals surface area (Å²) in [5, 5.41) is 0. The molecule has 0 bridgehead atoms. The van der Waals surface area contributed by atoms with Gasteiger partial charge in [0.25, 0.3) is 0 Å². The van der Waals surface area contributed by atoms with E-state index in [9.17, 15) is 13.2 Å². The fourth-order valence-corrected chi connectivity index (χ4v) is 0.220. The number of rotatable bonds is 0. The summed E-state index contributed by atoms with van der Waals surface area (Å²) < 4.78 is 21.0. The summed E-state index contributed by atoms with van der Waals surface area (Å²) in [4.78, 5) is 9.47. The van der Waals surface area contributed by atoms with Crippen LogP contribution in [-0.2, 0) is 10.5 Å². The van der Waals surface area contributed by atoms with Crippen LogP contribution < -0.4 is 5.73 Å². The summed E-state index contributed by atoms with van der Waals surface area (Å²) in [5.41, 5.74) is 4.29. The van der Waals surface area contributed by atoms with Crippen molar-refractivity contribution in [2.24, 2.45) is 10.1 Å². The third kappa shape index (κ3) is 9.29. The third-order valence-corrected chi connectivity index (χ3v) is 0.494. The predicted molar refractivity (Wildman–Crippen MR) is 26.7 cm³/mol. The molecule has 42 valence electrons. The fraction of sp³-hybridized carbons (Fsp3) is 0. The van der Waals surface area contributed by atoms with Crippen molar-refractivity contribution in [3.8, 4) is 0 Å². The molecule has 0 rings (SSSR count). The Bertz CT molecular complexity index is 185. The van der Waals surface area contributed by atoms with Crippen molar-refractivity contribution in [1.29, 1.82) is 0 Å². The van der Waals surface area contributed by atoms with Gasteiger partial charge in [-0.1, -0.05) is 4.36 Å². The Morgan fingerprint density at radius 2 is 1.88 bits per heavy atom. The summed E-state index contributed by atoms with van der Waals surface area (Å²) in [6.45, 7) is 0. The second-order valence-electron chi connectivity index (χ2n) is 0.647. The zero-order valence-electron chi connectivity index (χ0n) is 3.86. The Kier molecular flexibility index (Phi) is 6.73. The van der Waals surface area contributed by atoms with Gasteiger partial charge in [-0.15, -0.1) is 0 Å². The van der Waals surface area contributed by atoms with Crippen molar-refractivity contribution in [3.63, 3.8) is 0 Å². The van der Waals surface area contributed by atoms with E-state index < -0.39 is 16.5 Å². The van der Waals surface area contributed by atoms with E-state index in [0.717, 1.165) is 0 Å². The average Bonchev–Trinajstić information content (AvgIpc) is 1.27. The molecule has 0 aromatic carbocycles. The first kappa shape index (κ1) is 10.8. The summed E-state index contributed by atoms with van der Waals surface area (Å²) in [7, 11) is -2.70. The zero-order chi connectivity index (χ0) is 5.86. The monoisotopic (exact) mass is 146 g/mol. The van der Waals surface area contributed by atoms with Crippen molar-refractivity contribution in [2.45, 2.75) is 0 Å². The van der Waals surface area contributed by atoms with Crippen LogP contribution in [0, 0.1) is 0 Å². The lowest BCUT2D eigenvalue weighted by molar-refractivity contribution is 0.257. The van der Waals surface area contributed by atoms with E-state index in [1.54, 1.807) is 0 Å². The Morgan fingerprint density at radius 1 is 1.50 bits per heavy atom. The van der Waals surface area contributed by atoms with Gasteiger partial charge in [0.2, 0.25) is 0 Å². The van der Waals surface area contributed by atoms with Crippen LogP contribution in [0.15, 0.2) is 4.36 Å². The van der Waals surface area contributed by atoms with Crippen LogP contribution in [0.4, 0.5) is 4.79 Å². The van der Waals surface area contributed by atoms with Crippen molar-refractivity contribution < 1.29 is 13.2 Å². The second-order valence-corrected chi connectivity index (χ2v) is 1.26. The van der Waals surface area contributed by atoms with Crippen molar-refractivity contribution in [3.05, 3.63) is 0 Å². The molecule has 5 nitrogen and oxygen atoms in total. The molecular weight excluding hydrogens is 144 g/mol. The van der Waals surface area contributed by atoms with Crippen LogP contribution in [0.3, 0.4) is 0 Å². The van der Waals surface area contributed by atoms with Crippen LogP contribution in [0.1, 0.15) is 0 Å². The minimum Gasteiger partial charge on any atom is -0.349 e. The van der Waals surface area contributed by atoms with Gasteiger partial charge in [0, 0.05) is 23.1 Å². The minimum atomic E-state index is -2.70. The molecule has 0 saturated heterocycles. The number of primary amides is 1. The summed E-state index contributed by atoms with van der Waals surface area (Å²) in [5.74, 6) is 0. The Balaban J connectivity index is 0. The number of amides is 2. The quantitative estimate of drug-likeness (QED) is 0.433. The molecule has 0 saturated carbocycles. The van der Waals surface area contributed by atoms with Gasteiger partial charge in [-0.2, -0.15) is 8.42 Å². The highest BCUT2D eigenvalue weighted by molar-refractivity contribution is 7.62. The largest absolute Gasteiger partial charge is 0.353 e. The lowest BCUT2D eigenvalue weighted by Crippen LogP contribution is -2.02. The standard InChI is InChI=1S/CH2N2O3S.Mg/c2-1(4)3-7(5)6;/h(H2,2,4);. The molecular formula is CH2MgN2O3S. The van der Waals surface area contributed by atoms with E-state index in [-0.39, 0.29) is 23.1 Å². The lowest BCUT2D eigenvalue weighted by atomic mass is 11.2. The summed E-state index contributed by atoms with van der Waals surface area (Å²) in [6.07, 6.45) is 0. The number of hydrogen-bond donors (Lipinski definition) is 1. The van der Waals surface area contributed by atoms with Crippen LogP contribution in [0.5, 0.6) is 0 Å². The molecule has 0 aromatic heterocycles. The first-order valence-corrected chi connectivity index (χ1v) is 2.26. The molecule has 2 amide bonds. The van der Waals surface area contributed by atoms with E-state index in [1.807, 2.05) is 0 Å². The van der Waals surface area contributed by atoms with Crippen molar-refractivity contribution in [1.82, 2.24) is 0 Å². The normalized spacial score (nSPS) is 6.50. The summed E-state index contributed by atoms with van der Waals surface area (Å²) >= 11 is 0. The molecule has 0 unspecified atom stereocenters. The van der Waals surface area contributed by atoms with E-state index in [0.29, 0.717) is 0 Å². The van der Waals surface area contributed by atoms with Crippen molar-refractivity contribution in [2.75, 3.05) is 0 Å². The van der Waals surface area contributed by atoms with Gasteiger partial charge in [-0.3, -0.25) is 0 Å². The van der Waals surface area contributed by atoms with Crippen LogP contribution in [-0.4, -0.2) is 37.5 Å². The number of urea groups is 1. The lowest BCUT2D eigenvalue weighted by Gasteiger charge is -1.64. The third-order valence-electron chi connectivity index (χ3n) is 0.165. The molecule has 0 atom stereocenters. The predicted octanol–water partition coefficient (Wildman–Crippen LogP) is -1.25. The molecule has 2 radical (unpaired) electrons. The minimum absolute atomic E-state index is 0. The van der Waals surface area contributed by atoms with Crippen LogP contribution in [0.25, 0.3) is 0 Å². The Morgan fingerprint density at radius 3 is 1.88 bits per heavy atom. The molecule has 0 aliphatic carbocycles. The highest BCUT2D eigenvalue weighted by atomic mass is 32.2. The molecule has 0 aromatic rings. The van der Waals surface area contributed by atoms with Crippen LogP contribution in [0.2, 0.25) is 0 Å². The number of nitrogens with zero attached hydrogens (tertiary/aromatic N) is 1. The summed E-state index contributed by atoms with van der Waals surface area (Å²) in [6, 6.07) is -1.20. The van der Waals surface area contributed by atoms with E-state index in [2.05, 4.69) is 10.1 Å². The molecule has 2 N–H and O–H groups in total. The maximum atomic E-state index is 9.47. The first-order chi connectivity index (χ1) is 3.13. The van der Waals surface area contributed by atoms with Gasteiger partial charge in [-0.25, -0.2) is 4.79 Å². The SMILES string of the molecule is NC(=O)N=S(=O)=O.[Mg]. The Hall–Kier alpha value is -0.144. The fourth-order valence-electron chi connectivity index (χ4n) is 0.0735. The van der Waals surface area contributed by atoms with Gasteiger partial charge in [-0.05, 0) is 0 Å². The molecule has 0 spiro atoms. The molecule has 7 heteroatoms. The maximum Gasteiger partial charge on any atom is 0.353 e. The van der Waals surface area contributed by atoms with Gasteiger partial charge < -0.3 is 5.73 Å². The molecule has 8 heavy (non-hydrogen) atoms. The van der Waals surface area contributed by atoms with Gasteiger partial charge in [0.1, 0.15) is 0 Å². The van der Waals surface area contributed by atoms with Crippen molar-refractivity contribution >= 4 is 39.6 Å². The van der Waals surface area contributed by atoms with Gasteiger partial charge in [0.05, 0.1) is 0 Å². The molecule has 0 fully saturated rings. The maximum absolute atomic E-state index is 9.47. The topological polar surface area (TPSA) is 89.6 Å². The van der Waals surface area contributed by atoms with Crippen LogP contribution >= 0.6 is 0 Å². The first-order valence-electron chi connectivity index (χ1n) is 1.23. The average molecular weight is 146 g/mol. The number of hydrogen-bond acceptors (Lipinski definition) is 3. The Labute approximate surface area is 63.1 Å². The number of carbonyl (C=O) groups excluding carboxylic acids is 1. The highest BCUT2D eigenvalue weighted by Gasteiger charge is 1.80. The second kappa shape index (κ2) is 5.00. The molecule has 0 heterocycles. The number of carbonyl (C=O) groups is 1. The van der Waals surface area contributed by atoms with E-state index >= 15 is 0 Å². The zero-order valence-corrected chi connectivity index (χ0v) is 6.10. The number of nitrogens with two attached hydrogens (primary N) is 1. The van der Waals surface area contributed by atoms with E-state index in [1.165, 1.54) is 0 Å². The molecule has 0 aliphatic heterocycles. The van der Waals surface area contributed by atoms with E-state index in [4.69, 9.17) is 0 Å². The van der Waals surface area contributed by atoms with Gasteiger partial charge in [0.15, 0.2) is 0 Å². The van der Waals surface area contributed by atoms with Gasteiger partial charge >= 0.3 is 16.5 Å². The molecule has 0 aliphatic rings.